The molecule has 66 valence electrons. The Labute approximate surface area is 77.1 Å². The summed E-state index contributed by atoms with van der Waals surface area (Å²) in [5, 5.41) is 12.3. The van der Waals surface area contributed by atoms with E-state index in [1.54, 1.807) is 0 Å². The zero-order valence-electron chi connectivity index (χ0n) is 6.16. The first-order chi connectivity index (χ1) is 5.61. The van der Waals surface area contributed by atoms with Crippen molar-refractivity contribution in [2.75, 3.05) is 13.1 Å². The third-order valence-corrected chi connectivity index (χ3v) is 2.46. The highest BCUT2D eigenvalue weighted by Crippen LogP contribution is 2.34. The molecule has 12 heavy (non-hydrogen) atoms. The quantitative estimate of drug-likeness (QED) is 0.676. The van der Waals surface area contributed by atoms with Gasteiger partial charge in [0.05, 0.1) is 13.1 Å². The Kier molecular flexibility index (Phi) is 1.54. The van der Waals surface area contributed by atoms with Gasteiger partial charge in [-0.1, -0.05) is 5.16 Å². The molecule has 1 spiro atoms. The monoisotopic (exact) mass is 234 g/mol. The second-order valence-corrected chi connectivity index (χ2v) is 3.97. The first kappa shape index (κ1) is 7.85. The molecule has 1 saturated heterocycles. The van der Waals surface area contributed by atoms with Crippen LogP contribution in [0.4, 0.5) is 4.79 Å². The molecular weight excluding hydrogens is 228 g/mol. The first-order valence-electron chi connectivity index (χ1n) is 3.50. The molecule has 2 rings (SSSR count). The number of carbonyl (C=O) groups is 1. The van der Waals surface area contributed by atoms with E-state index in [-0.39, 0.29) is 5.60 Å². The number of hydrogen-bond donors (Lipinski definition) is 1. The van der Waals surface area contributed by atoms with Crippen molar-refractivity contribution in [1.82, 2.24) is 4.90 Å². The second-order valence-electron chi connectivity index (χ2n) is 3.06. The lowest BCUT2D eigenvalue weighted by molar-refractivity contribution is -0.113. The third-order valence-electron chi connectivity index (χ3n) is 2.03. The fourth-order valence-corrected chi connectivity index (χ4v) is 2.01. The summed E-state index contributed by atoms with van der Waals surface area (Å²) in [5.41, 5.74) is -0.364. The van der Waals surface area contributed by atoms with Crippen molar-refractivity contribution in [1.29, 1.82) is 0 Å². The number of amides is 1. The minimum absolute atomic E-state index is 0.364. The first-order valence-corrected chi connectivity index (χ1v) is 4.29. The molecular formula is C6H7BrN2O3. The van der Waals surface area contributed by atoms with Gasteiger partial charge in [-0.2, -0.15) is 0 Å². The van der Waals surface area contributed by atoms with E-state index < -0.39 is 6.09 Å². The lowest BCUT2D eigenvalue weighted by Crippen LogP contribution is -2.63. The molecule has 0 aromatic carbocycles. The molecule has 0 aliphatic carbocycles. The van der Waals surface area contributed by atoms with E-state index in [1.807, 2.05) is 0 Å². The Morgan fingerprint density at radius 2 is 2.42 bits per heavy atom. The summed E-state index contributed by atoms with van der Waals surface area (Å²) >= 11 is 3.20. The minimum atomic E-state index is -0.896. The lowest BCUT2D eigenvalue weighted by Gasteiger charge is -2.43. The molecule has 2 aliphatic rings. The summed E-state index contributed by atoms with van der Waals surface area (Å²) in [6.07, 6.45) is -0.219. The van der Waals surface area contributed by atoms with E-state index in [1.165, 1.54) is 4.90 Å². The summed E-state index contributed by atoms with van der Waals surface area (Å²) in [6, 6.07) is 0. The van der Waals surface area contributed by atoms with Crippen molar-refractivity contribution >= 4 is 26.6 Å². The fourth-order valence-electron chi connectivity index (χ4n) is 1.43. The molecule has 5 nitrogen and oxygen atoms in total. The smallest absolute Gasteiger partial charge is 0.407 e. The van der Waals surface area contributed by atoms with Crippen LogP contribution in [0.25, 0.3) is 0 Å². The molecule has 0 aromatic rings. The normalized spacial score (nSPS) is 24.8. The van der Waals surface area contributed by atoms with Gasteiger partial charge in [-0.3, -0.25) is 4.90 Å². The van der Waals surface area contributed by atoms with E-state index in [0.29, 0.717) is 19.5 Å². The molecule has 0 aromatic heterocycles. The van der Waals surface area contributed by atoms with Crippen molar-refractivity contribution in [3.05, 3.63) is 0 Å². The highest BCUT2D eigenvalue weighted by atomic mass is 79.9. The van der Waals surface area contributed by atoms with Crippen LogP contribution in [0.1, 0.15) is 6.42 Å². The van der Waals surface area contributed by atoms with Crippen molar-refractivity contribution in [2.45, 2.75) is 12.0 Å². The molecule has 0 bridgehead atoms. The molecule has 0 radical (unpaired) electrons. The fraction of sp³-hybridized carbons (Fsp3) is 0.667. The SMILES string of the molecule is O=C(O)N1CC2(CC(Br)=NO2)C1. The number of carboxylic acid groups (broad SMARTS) is 1. The van der Waals surface area contributed by atoms with Crippen LogP contribution in [0.3, 0.4) is 0 Å². The number of likely N-dealkylation sites (tertiary alicyclic amines) is 1. The Morgan fingerprint density at radius 1 is 1.75 bits per heavy atom. The Bertz CT molecular complexity index is 260. The Balaban J connectivity index is 1.93. The average Bonchev–Trinajstić information content (AvgIpc) is 2.27. The number of nitrogens with zero attached hydrogens (tertiary/aromatic N) is 2. The van der Waals surface area contributed by atoms with Gasteiger partial charge in [-0.25, -0.2) is 4.79 Å². The van der Waals surface area contributed by atoms with Crippen LogP contribution in [-0.4, -0.2) is 39.4 Å². The molecule has 0 saturated carbocycles. The molecule has 2 heterocycles. The van der Waals surface area contributed by atoms with Gasteiger partial charge in [0.15, 0.2) is 5.60 Å². The van der Waals surface area contributed by atoms with Crippen LogP contribution in [-0.2, 0) is 4.84 Å². The zero-order valence-corrected chi connectivity index (χ0v) is 7.74. The molecule has 2 aliphatic heterocycles. The van der Waals surface area contributed by atoms with Crippen LogP contribution >= 0.6 is 15.9 Å². The summed E-state index contributed by atoms with van der Waals surface area (Å²) in [4.78, 5) is 16.8. The van der Waals surface area contributed by atoms with Crippen LogP contribution in [0.2, 0.25) is 0 Å². The number of oxime groups is 1. The Morgan fingerprint density at radius 3 is 2.83 bits per heavy atom. The van der Waals surface area contributed by atoms with Gasteiger partial charge in [-0.15, -0.1) is 0 Å². The van der Waals surface area contributed by atoms with E-state index in [9.17, 15) is 4.79 Å². The largest absolute Gasteiger partial charge is 0.465 e. The van der Waals surface area contributed by atoms with Gasteiger partial charge >= 0.3 is 6.09 Å². The maximum Gasteiger partial charge on any atom is 0.407 e. The van der Waals surface area contributed by atoms with E-state index >= 15 is 0 Å². The summed E-state index contributed by atoms with van der Waals surface area (Å²) in [7, 11) is 0. The highest BCUT2D eigenvalue weighted by molar-refractivity contribution is 9.18. The lowest BCUT2D eigenvalue weighted by atomic mass is 9.92. The van der Waals surface area contributed by atoms with Crippen molar-refractivity contribution in [2.24, 2.45) is 5.16 Å². The third kappa shape index (κ3) is 1.06. The summed E-state index contributed by atoms with van der Waals surface area (Å²) in [5.74, 6) is 0. The molecule has 0 unspecified atom stereocenters. The van der Waals surface area contributed by atoms with Crippen molar-refractivity contribution in [3.63, 3.8) is 0 Å². The van der Waals surface area contributed by atoms with E-state index in [0.717, 1.165) is 4.62 Å². The Hall–Kier alpha value is -0.780. The molecule has 1 N–H and O–H groups in total. The summed E-state index contributed by atoms with van der Waals surface area (Å²) in [6.45, 7) is 0.835. The second kappa shape index (κ2) is 2.35. The maximum atomic E-state index is 10.4. The van der Waals surface area contributed by atoms with Crippen LogP contribution in [0.5, 0.6) is 0 Å². The standard InChI is InChI=1S/C6H7BrN2O3/c7-4-1-6(12-8-4)2-9(3-6)5(10)11/h1-3H2,(H,10,11). The van der Waals surface area contributed by atoms with Gasteiger partial charge in [0.1, 0.15) is 4.62 Å². The molecule has 0 atom stereocenters. The highest BCUT2D eigenvalue weighted by Gasteiger charge is 2.51. The molecule has 1 fully saturated rings. The number of hydrogen-bond acceptors (Lipinski definition) is 3. The van der Waals surface area contributed by atoms with Crippen LogP contribution in [0.15, 0.2) is 5.16 Å². The van der Waals surface area contributed by atoms with Crippen molar-refractivity contribution in [3.8, 4) is 0 Å². The van der Waals surface area contributed by atoms with Gasteiger partial charge < -0.3 is 9.94 Å². The molecule has 1 amide bonds. The van der Waals surface area contributed by atoms with Gasteiger partial charge in [-0.05, 0) is 15.9 Å². The van der Waals surface area contributed by atoms with Gasteiger partial charge in [0, 0.05) is 6.42 Å². The van der Waals surface area contributed by atoms with Crippen LogP contribution in [0, 0.1) is 0 Å². The maximum absolute atomic E-state index is 10.4. The molecule has 6 heteroatoms. The zero-order chi connectivity index (χ0) is 8.77. The average molecular weight is 235 g/mol. The van der Waals surface area contributed by atoms with E-state index in [4.69, 9.17) is 9.94 Å². The number of rotatable bonds is 0. The predicted octanol–water partition coefficient (Wildman–Crippen LogP) is 0.848. The van der Waals surface area contributed by atoms with Gasteiger partial charge in [0.2, 0.25) is 0 Å². The number of halogens is 1. The predicted molar refractivity (Wildman–Crippen MR) is 44.4 cm³/mol. The van der Waals surface area contributed by atoms with Gasteiger partial charge in [0.25, 0.3) is 0 Å². The topological polar surface area (TPSA) is 62.1 Å². The summed E-state index contributed by atoms with van der Waals surface area (Å²) < 4.78 is 0.757. The minimum Gasteiger partial charge on any atom is -0.465 e. The van der Waals surface area contributed by atoms with Crippen LogP contribution < -0.4 is 0 Å². The van der Waals surface area contributed by atoms with Crippen molar-refractivity contribution < 1.29 is 14.7 Å². The van der Waals surface area contributed by atoms with E-state index in [2.05, 4.69) is 21.1 Å².